The molecular formula is C33H54N+. The van der Waals surface area contributed by atoms with Crippen LogP contribution in [0.2, 0.25) is 0 Å². The monoisotopic (exact) mass is 464 g/mol. The first-order valence-electron chi connectivity index (χ1n) is 14.9. The minimum Gasteiger partial charge on any atom is -0.205 e. The van der Waals surface area contributed by atoms with Crippen LogP contribution in [0.3, 0.4) is 0 Å². The second kappa shape index (κ2) is 20.7. The zero-order valence-electron chi connectivity index (χ0n) is 22.5. The zero-order chi connectivity index (χ0) is 23.9. The lowest BCUT2D eigenvalue weighted by Crippen LogP contribution is -2.32. The van der Waals surface area contributed by atoms with E-state index >= 15 is 0 Å². The minimum absolute atomic E-state index is 1.11. The first-order chi connectivity index (χ1) is 16.9. The van der Waals surface area contributed by atoms with Gasteiger partial charge in [-0.1, -0.05) is 140 Å². The van der Waals surface area contributed by atoms with Gasteiger partial charge in [-0.2, -0.15) is 0 Å². The van der Waals surface area contributed by atoms with Gasteiger partial charge in [-0.15, -0.1) is 0 Å². The fourth-order valence-corrected chi connectivity index (χ4v) is 4.97. The minimum atomic E-state index is 1.11. The van der Waals surface area contributed by atoms with E-state index in [-0.39, 0.29) is 0 Å². The summed E-state index contributed by atoms with van der Waals surface area (Å²) in [7, 11) is 0. The standard InChI is InChI=1S/C33H54N/c1-2-3-4-5-6-7-8-9-10-11-12-13-14-15-16-17-19-25-33-27-30-34(31-28-33)29-22-26-32-23-20-18-21-24-32/h18,20-21,23-24,27-28,30-31H,2-17,19,22,25-26,29H2,1H3/q+1. The maximum atomic E-state index is 2.33. The van der Waals surface area contributed by atoms with Gasteiger partial charge in [-0.3, -0.25) is 0 Å². The molecule has 0 atom stereocenters. The SMILES string of the molecule is CCCCCCCCCCCCCCCCCCCc1cc[n+](CCCc2ccccc2)cc1. The van der Waals surface area contributed by atoms with Gasteiger partial charge in [-0.05, 0) is 30.4 Å². The quantitative estimate of drug-likeness (QED) is 0.121. The molecule has 0 aliphatic carbocycles. The van der Waals surface area contributed by atoms with Gasteiger partial charge in [0.15, 0.2) is 12.4 Å². The van der Waals surface area contributed by atoms with Crippen LogP contribution >= 0.6 is 0 Å². The number of nitrogens with zero attached hydrogens (tertiary/aromatic N) is 1. The number of benzene rings is 1. The van der Waals surface area contributed by atoms with E-state index in [0.29, 0.717) is 0 Å². The van der Waals surface area contributed by atoms with E-state index in [4.69, 9.17) is 0 Å². The van der Waals surface area contributed by atoms with Gasteiger partial charge in [-0.25, -0.2) is 4.57 Å². The van der Waals surface area contributed by atoms with Crippen molar-refractivity contribution in [3.63, 3.8) is 0 Å². The summed E-state index contributed by atoms with van der Waals surface area (Å²) >= 11 is 0. The summed E-state index contributed by atoms with van der Waals surface area (Å²) in [5.41, 5.74) is 2.94. The Labute approximate surface area is 212 Å². The van der Waals surface area contributed by atoms with Crippen molar-refractivity contribution in [1.29, 1.82) is 0 Å². The highest BCUT2D eigenvalue weighted by Crippen LogP contribution is 2.14. The van der Waals surface area contributed by atoms with Gasteiger partial charge in [0, 0.05) is 18.6 Å². The maximum absolute atomic E-state index is 2.33. The average molecular weight is 465 g/mol. The van der Waals surface area contributed by atoms with Gasteiger partial charge in [0.05, 0.1) is 0 Å². The number of pyridine rings is 1. The second-order valence-corrected chi connectivity index (χ2v) is 10.4. The lowest BCUT2D eigenvalue weighted by molar-refractivity contribution is -0.697. The predicted molar refractivity (Wildman–Crippen MR) is 149 cm³/mol. The molecule has 1 heteroatoms. The van der Waals surface area contributed by atoms with Crippen LogP contribution in [0.4, 0.5) is 0 Å². The van der Waals surface area contributed by atoms with Crippen LogP contribution in [0, 0.1) is 0 Å². The van der Waals surface area contributed by atoms with Gasteiger partial charge >= 0.3 is 0 Å². The van der Waals surface area contributed by atoms with E-state index in [9.17, 15) is 0 Å². The lowest BCUT2D eigenvalue weighted by Gasteiger charge is -2.04. The van der Waals surface area contributed by atoms with Crippen LogP contribution in [-0.4, -0.2) is 0 Å². The predicted octanol–water partition coefficient (Wildman–Crippen LogP) is 9.80. The molecule has 0 aliphatic rings. The largest absolute Gasteiger partial charge is 0.205 e. The molecule has 0 spiro atoms. The maximum Gasteiger partial charge on any atom is 0.169 e. The van der Waals surface area contributed by atoms with E-state index < -0.39 is 0 Å². The molecule has 34 heavy (non-hydrogen) atoms. The Kier molecular flexibility index (Phi) is 17.4. The molecule has 1 aromatic heterocycles. The van der Waals surface area contributed by atoms with Crippen LogP contribution in [0.15, 0.2) is 54.9 Å². The normalized spacial score (nSPS) is 11.2. The smallest absolute Gasteiger partial charge is 0.169 e. The Morgan fingerprint density at radius 3 is 1.35 bits per heavy atom. The third kappa shape index (κ3) is 15.3. The Morgan fingerprint density at radius 2 is 0.853 bits per heavy atom. The highest BCUT2D eigenvalue weighted by molar-refractivity contribution is 5.14. The van der Waals surface area contributed by atoms with Crippen LogP contribution < -0.4 is 4.57 Å². The molecule has 1 heterocycles. The summed E-state index contributed by atoms with van der Waals surface area (Å²) in [5.74, 6) is 0. The third-order valence-electron chi connectivity index (χ3n) is 7.25. The molecule has 0 radical (unpaired) electrons. The molecular weight excluding hydrogens is 410 g/mol. The molecule has 0 N–H and O–H groups in total. The molecule has 0 aliphatic heterocycles. The van der Waals surface area contributed by atoms with E-state index in [0.717, 1.165) is 13.0 Å². The first kappa shape index (κ1) is 28.6. The summed E-state index contributed by atoms with van der Waals surface area (Å²) in [6.45, 7) is 3.41. The summed E-state index contributed by atoms with van der Waals surface area (Å²) in [5, 5.41) is 0. The van der Waals surface area contributed by atoms with Crippen LogP contribution in [0.5, 0.6) is 0 Å². The molecule has 0 saturated carbocycles. The van der Waals surface area contributed by atoms with Crippen molar-refractivity contribution < 1.29 is 4.57 Å². The van der Waals surface area contributed by atoms with Crippen molar-refractivity contribution in [3.05, 3.63) is 66.0 Å². The lowest BCUT2D eigenvalue weighted by atomic mass is 10.0. The van der Waals surface area contributed by atoms with Gasteiger partial charge in [0.1, 0.15) is 6.54 Å². The van der Waals surface area contributed by atoms with E-state index in [2.05, 4.69) is 66.3 Å². The van der Waals surface area contributed by atoms with Crippen molar-refractivity contribution in [2.24, 2.45) is 0 Å². The van der Waals surface area contributed by atoms with E-state index in [1.165, 1.54) is 133 Å². The van der Waals surface area contributed by atoms with Crippen molar-refractivity contribution in [2.45, 2.75) is 142 Å². The fourth-order valence-electron chi connectivity index (χ4n) is 4.97. The van der Waals surface area contributed by atoms with E-state index in [1.54, 1.807) is 0 Å². The number of aromatic nitrogens is 1. The summed E-state index contributed by atoms with van der Waals surface area (Å²) in [6.07, 6.45) is 32.7. The van der Waals surface area contributed by atoms with Gasteiger partial charge in [0.2, 0.25) is 0 Å². The number of hydrogen-bond donors (Lipinski definition) is 0. The highest BCUT2D eigenvalue weighted by atomic mass is 14.9. The molecule has 0 fully saturated rings. The first-order valence-corrected chi connectivity index (χ1v) is 14.9. The molecule has 1 nitrogen and oxygen atoms in total. The summed E-state index contributed by atoms with van der Waals surface area (Å²) in [6, 6.07) is 15.5. The molecule has 2 rings (SSSR count). The molecule has 0 amide bonds. The van der Waals surface area contributed by atoms with Gasteiger partial charge < -0.3 is 0 Å². The molecule has 0 bridgehead atoms. The van der Waals surface area contributed by atoms with E-state index in [1.807, 2.05) is 0 Å². The van der Waals surface area contributed by atoms with Crippen molar-refractivity contribution in [1.82, 2.24) is 0 Å². The molecule has 0 unspecified atom stereocenters. The molecule has 190 valence electrons. The fraction of sp³-hybridized carbons (Fsp3) is 0.667. The Bertz CT molecular complexity index is 675. The van der Waals surface area contributed by atoms with Crippen LogP contribution in [-0.2, 0) is 19.4 Å². The Hall–Kier alpha value is -1.63. The Morgan fingerprint density at radius 1 is 0.441 bits per heavy atom. The van der Waals surface area contributed by atoms with Crippen LogP contribution in [0.25, 0.3) is 0 Å². The third-order valence-corrected chi connectivity index (χ3v) is 7.25. The topological polar surface area (TPSA) is 3.88 Å². The molecule has 0 saturated heterocycles. The second-order valence-electron chi connectivity index (χ2n) is 10.4. The molecule has 2 aromatic rings. The summed E-state index contributed by atoms with van der Waals surface area (Å²) < 4.78 is 2.33. The number of hydrogen-bond acceptors (Lipinski definition) is 0. The van der Waals surface area contributed by atoms with Crippen molar-refractivity contribution in [3.8, 4) is 0 Å². The van der Waals surface area contributed by atoms with Crippen molar-refractivity contribution in [2.75, 3.05) is 0 Å². The number of rotatable bonds is 22. The number of unbranched alkanes of at least 4 members (excludes halogenated alkanes) is 16. The zero-order valence-corrected chi connectivity index (χ0v) is 22.5. The number of aryl methyl sites for hydroxylation is 3. The molecule has 1 aromatic carbocycles. The van der Waals surface area contributed by atoms with Gasteiger partial charge in [0.25, 0.3) is 0 Å². The van der Waals surface area contributed by atoms with Crippen LogP contribution in [0.1, 0.15) is 134 Å². The van der Waals surface area contributed by atoms with Crippen molar-refractivity contribution >= 4 is 0 Å². The highest BCUT2D eigenvalue weighted by Gasteiger charge is 2.02. The average Bonchev–Trinajstić information content (AvgIpc) is 2.87. The summed E-state index contributed by atoms with van der Waals surface area (Å²) in [4.78, 5) is 0. The Balaban J connectivity index is 1.34.